The Labute approximate surface area is 125 Å². The summed E-state index contributed by atoms with van der Waals surface area (Å²) in [5.74, 6) is -0.716. The summed E-state index contributed by atoms with van der Waals surface area (Å²) < 4.78 is 13.5. The average molecular weight is 293 g/mol. The highest BCUT2D eigenvalue weighted by Crippen LogP contribution is 2.24. The first-order valence-corrected chi connectivity index (χ1v) is 7.59. The van der Waals surface area contributed by atoms with E-state index < -0.39 is 11.7 Å². The summed E-state index contributed by atoms with van der Waals surface area (Å²) in [6.45, 7) is 7.69. The van der Waals surface area contributed by atoms with Crippen LogP contribution < -0.4 is 11.1 Å². The van der Waals surface area contributed by atoms with Crippen molar-refractivity contribution in [1.29, 1.82) is 0 Å². The summed E-state index contributed by atoms with van der Waals surface area (Å²) in [4.78, 5) is 13.6. The third kappa shape index (κ3) is 3.94. The second-order valence-corrected chi connectivity index (χ2v) is 5.76. The minimum absolute atomic E-state index is 0.0620. The monoisotopic (exact) mass is 293 g/mol. The Hall–Kier alpha value is -1.62. The number of benzene rings is 1. The van der Waals surface area contributed by atoms with E-state index in [0.717, 1.165) is 38.2 Å². The molecule has 1 aliphatic rings. The van der Waals surface area contributed by atoms with Gasteiger partial charge in [0.1, 0.15) is 5.82 Å². The molecule has 3 N–H and O–H groups in total. The quantitative estimate of drug-likeness (QED) is 0.876. The fraction of sp³-hybridized carbons (Fsp3) is 0.562. The molecule has 5 heteroatoms. The van der Waals surface area contributed by atoms with Gasteiger partial charge in [-0.2, -0.15) is 0 Å². The standard InChI is InChI=1S/C16H24FN3O/c1-3-20-8-6-12(7-9-20)11(2)19-13-4-5-15(17)14(10-13)16(18)21/h4-5,10-12,19H,3,6-9H2,1-2H3,(H2,18,21). The van der Waals surface area contributed by atoms with Gasteiger partial charge in [0.15, 0.2) is 0 Å². The number of hydrogen-bond donors (Lipinski definition) is 2. The largest absolute Gasteiger partial charge is 0.382 e. The van der Waals surface area contributed by atoms with E-state index in [9.17, 15) is 9.18 Å². The molecule has 0 aromatic heterocycles. The van der Waals surface area contributed by atoms with Gasteiger partial charge in [0.25, 0.3) is 5.91 Å². The van der Waals surface area contributed by atoms with Crippen molar-refractivity contribution < 1.29 is 9.18 Å². The van der Waals surface area contributed by atoms with Crippen LogP contribution in [0.5, 0.6) is 0 Å². The number of likely N-dealkylation sites (tertiary alicyclic amines) is 1. The average Bonchev–Trinajstić information content (AvgIpc) is 2.49. The zero-order valence-corrected chi connectivity index (χ0v) is 12.7. The summed E-state index contributed by atoms with van der Waals surface area (Å²) in [7, 11) is 0. The van der Waals surface area contributed by atoms with Crippen molar-refractivity contribution in [3.63, 3.8) is 0 Å². The predicted molar refractivity (Wildman–Crippen MR) is 82.8 cm³/mol. The molecule has 116 valence electrons. The molecular weight excluding hydrogens is 269 g/mol. The van der Waals surface area contributed by atoms with Gasteiger partial charge >= 0.3 is 0 Å². The van der Waals surface area contributed by atoms with Gasteiger partial charge in [-0.15, -0.1) is 0 Å². The molecule has 1 amide bonds. The molecule has 21 heavy (non-hydrogen) atoms. The van der Waals surface area contributed by atoms with E-state index in [4.69, 9.17) is 5.73 Å². The molecule has 1 saturated heterocycles. The number of nitrogens with zero attached hydrogens (tertiary/aromatic N) is 1. The number of hydrogen-bond acceptors (Lipinski definition) is 3. The number of amides is 1. The van der Waals surface area contributed by atoms with E-state index in [1.54, 1.807) is 6.07 Å². The number of carbonyl (C=O) groups excluding carboxylic acids is 1. The number of nitrogens with two attached hydrogens (primary N) is 1. The molecule has 0 spiro atoms. The third-order valence-corrected chi connectivity index (χ3v) is 4.41. The van der Waals surface area contributed by atoms with Crippen LogP contribution in [0, 0.1) is 11.7 Å². The predicted octanol–water partition coefficient (Wildman–Crippen LogP) is 2.46. The maximum absolute atomic E-state index is 13.5. The number of halogens is 1. The Morgan fingerprint density at radius 1 is 1.48 bits per heavy atom. The lowest BCUT2D eigenvalue weighted by Crippen LogP contribution is -2.39. The maximum Gasteiger partial charge on any atom is 0.251 e. The number of piperidine rings is 1. The Morgan fingerprint density at radius 3 is 2.71 bits per heavy atom. The first-order chi connectivity index (χ1) is 10.0. The van der Waals surface area contributed by atoms with Gasteiger partial charge in [-0.25, -0.2) is 4.39 Å². The molecule has 1 unspecified atom stereocenters. The minimum Gasteiger partial charge on any atom is -0.382 e. The van der Waals surface area contributed by atoms with Crippen LogP contribution in [0.15, 0.2) is 18.2 Å². The molecule has 0 aliphatic carbocycles. The molecule has 4 nitrogen and oxygen atoms in total. The Kier molecular flexibility index (Phi) is 5.17. The second-order valence-electron chi connectivity index (χ2n) is 5.76. The van der Waals surface area contributed by atoms with Crippen molar-refractivity contribution in [3.8, 4) is 0 Å². The lowest BCUT2D eigenvalue weighted by molar-refractivity contribution is 0.0996. The van der Waals surface area contributed by atoms with Gasteiger partial charge < -0.3 is 16.0 Å². The van der Waals surface area contributed by atoms with Crippen LogP contribution in [0.1, 0.15) is 37.0 Å². The van der Waals surface area contributed by atoms with E-state index in [-0.39, 0.29) is 11.6 Å². The van der Waals surface area contributed by atoms with Gasteiger partial charge in [-0.05, 0) is 63.5 Å². The lowest BCUT2D eigenvalue weighted by atomic mass is 9.90. The second kappa shape index (κ2) is 6.89. The number of carbonyl (C=O) groups is 1. The van der Waals surface area contributed by atoms with Crippen LogP contribution in [0.2, 0.25) is 0 Å². The summed E-state index contributed by atoms with van der Waals surface area (Å²) >= 11 is 0. The zero-order chi connectivity index (χ0) is 15.4. The molecule has 1 heterocycles. The highest BCUT2D eigenvalue weighted by atomic mass is 19.1. The van der Waals surface area contributed by atoms with Gasteiger partial charge in [0, 0.05) is 11.7 Å². The maximum atomic E-state index is 13.5. The van der Waals surface area contributed by atoms with Crippen LogP contribution in [0.4, 0.5) is 10.1 Å². The highest BCUT2D eigenvalue weighted by Gasteiger charge is 2.23. The topological polar surface area (TPSA) is 58.4 Å². The van der Waals surface area contributed by atoms with Gasteiger partial charge in [-0.3, -0.25) is 4.79 Å². The summed E-state index contributed by atoms with van der Waals surface area (Å²) in [5, 5.41) is 3.37. The van der Waals surface area contributed by atoms with E-state index in [0.29, 0.717) is 5.92 Å². The summed E-state index contributed by atoms with van der Waals surface area (Å²) in [6, 6.07) is 4.72. The molecule has 0 bridgehead atoms. The van der Waals surface area contributed by atoms with Crippen molar-refractivity contribution in [2.45, 2.75) is 32.7 Å². The van der Waals surface area contributed by atoms with Crippen molar-refractivity contribution >= 4 is 11.6 Å². The van der Waals surface area contributed by atoms with E-state index >= 15 is 0 Å². The zero-order valence-electron chi connectivity index (χ0n) is 12.7. The number of rotatable bonds is 5. The van der Waals surface area contributed by atoms with Crippen molar-refractivity contribution in [2.75, 3.05) is 25.0 Å². The minimum atomic E-state index is -0.736. The summed E-state index contributed by atoms with van der Waals surface area (Å²) in [6.07, 6.45) is 2.32. The first-order valence-electron chi connectivity index (χ1n) is 7.59. The normalized spacial score (nSPS) is 18.4. The van der Waals surface area contributed by atoms with Crippen LogP contribution in [0.3, 0.4) is 0 Å². The molecule has 1 atom stereocenters. The number of anilines is 1. The van der Waals surface area contributed by atoms with Crippen molar-refractivity contribution in [3.05, 3.63) is 29.6 Å². The Balaban J connectivity index is 1.98. The van der Waals surface area contributed by atoms with E-state index in [1.807, 2.05) is 0 Å². The van der Waals surface area contributed by atoms with Gasteiger partial charge in [0.2, 0.25) is 0 Å². The third-order valence-electron chi connectivity index (χ3n) is 4.41. The molecule has 1 aromatic carbocycles. The molecule has 0 radical (unpaired) electrons. The smallest absolute Gasteiger partial charge is 0.251 e. The van der Waals surface area contributed by atoms with Crippen LogP contribution in [-0.4, -0.2) is 36.5 Å². The Bertz CT molecular complexity index is 498. The fourth-order valence-corrected chi connectivity index (χ4v) is 2.95. The molecule has 1 fully saturated rings. The van der Waals surface area contributed by atoms with E-state index in [1.165, 1.54) is 12.1 Å². The van der Waals surface area contributed by atoms with Crippen LogP contribution >= 0.6 is 0 Å². The van der Waals surface area contributed by atoms with Gasteiger partial charge in [-0.1, -0.05) is 6.92 Å². The van der Waals surface area contributed by atoms with Crippen LogP contribution in [-0.2, 0) is 0 Å². The number of nitrogens with one attached hydrogen (secondary N) is 1. The van der Waals surface area contributed by atoms with Gasteiger partial charge in [0.05, 0.1) is 5.56 Å². The molecule has 1 aliphatic heterocycles. The fourth-order valence-electron chi connectivity index (χ4n) is 2.95. The SMILES string of the molecule is CCN1CCC(C(C)Nc2ccc(F)c(C(N)=O)c2)CC1. The highest BCUT2D eigenvalue weighted by molar-refractivity contribution is 5.94. The Morgan fingerprint density at radius 2 is 2.14 bits per heavy atom. The molecular formula is C16H24FN3O. The van der Waals surface area contributed by atoms with Crippen molar-refractivity contribution in [1.82, 2.24) is 4.90 Å². The number of primary amides is 1. The molecule has 1 aromatic rings. The lowest BCUT2D eigenvalue weighted by Gasteiger charge is -2.34. The molecule has 2 rings (SSSR count). The van der Waals surface area contributed by atoms with Crippen LogP contribution in [0.25, 0.3) is 0 Å². The first kappa shape index (κ1) is 15.8. The van der Waals surface area contributed by atoms with Crippen molar-refractivity contribution in [2.24, 2.45) is 11.7 Å². The summed E-state index contributed by atoms with van der Waals surface area (Å²) in [5.41, 5.74) is 5.86. The van der Waals surface area contributed by atoms with E-state index in [2.05, 4.69) is 24.1 Å². The molecule has 0 saturated carbocycles.